The minimum absolute atomic E-state index is 0.203. The van der Waals surface area contributed by atoms with E-state index in [1.807, 2.05) is 0 Å². The molecule has 1 aliphatic heterocycles. The summed E-state index contributed by atoms with van der Waals surface area (Å²) < 4.78 is 0. The molecular weight excluding hydrogens is 304 g/mol. The Labute approximate surface area is 150 Å². The van der Waals surface area contributed by atoms with Gasteiger partial charge in [0.15, 0.2) is 0 Å². The Balaban J connectivity index is 1.43. The van der Waals surface area contributed by atoms with Gasteiger partial charge in [0.1, 0.15) is 0 Å². The van der Waals surface area contributed by atoms with Gasteiger partial charge in [-0.3, -0.25) is 4.99 Å². The third kappa shape index (κ3) is 3.30. The van der Waals surface area contributed by atoms with Crippen LogP contribution in [-0.2, 0) is 13.0 Å². The number of benzene rings is 2. The van der Waals surface area contributed by atoms with Crippen molar-refractivity contribution in [2.75, 3.05) is 0 Å². The summed E-state index contributed by atoms with van der Waals surface area (Å²) in [5.41, 5.74) is 9.30. The fraction of sp³-hybridized carbons (Fsp3) is 0.261. The molecule has 0 aromatic heterocycles. The standard InChI is InChI=1S/C23H24N2/c1-16-7-9-18(10-8-16)14-24-17(2)13-22-23-20(15-25-22)12-11-19-5-3-4-6-21(19)23/h3-10,15,22,24H,2,11-14H2,1H3. The first kappa shape index (κ1) is 15.9. The number of nitrogens with zero attached hydrogens (tertiary/aromatic N) is 1. The molecule has 0 bridgehead atoms. The second kappa shape index (κ2) is 6.72. The molecule has 25 heavy (non-hydrogen) atoms. The van der Waals surface area contributed by atoms with E-state index in [0.717, 1.165) is 31.5 Å². The van der Waals surface area contributed by atoms with Crippen LogP contribution in [0.2, 0.25) is 0 Å². The molecule has 0 spiro atoms. The molecule has 126 valence electrons. The molecule has 2 aromatic rings. The lowest BCUT2D eigenvalue weighted by molar-refractivity contribution is 0.716. The fourth-order valence-corrected chi connectivity index (χ4v) is 3.75. The molecule has 2 aliphatic rings. The smallest absolute Gasteiger partial charge is 0.0812 e. The van der Waals surface area contributed by atoms with Gasteiger partial charge in [0.05, 0.1) is 6.04 Å². The zero-order valence-corrected chi connectivity index (χ0v) is 14.8. The summed E-state index contributed by atoms with van der Waals surface area (Å²) in [4.78, 5) is 4.79. The van der Waals surface area contributed by atoms with Crippen molar-refractivity contribution < 1.29 is 0 Å². The Morgan fingerprint density at radius 1 is 1.12 bits per heavy atom. The highest BCUT2D eigenvalue weighted by Gasteiger charge is 2.28. The average Bonchev–Trinajstić information content (AvgIpc) is 3.04. The van der Waals surface area contributed by atoms with Gasteiger partial charge < -0.3 is 5.32 Å². The largest absolute Gasteiger partial charge is 0.385 e. The van der Waals surface area contributed by atoms with Gasteiger partial charge in [0, 0.05) is 24.9 Å². The van der Waals surface area contributed by atoms with Crippen LogP contribution < -0.4 is 5.32 Å². The van der Waals surface area contributed by atoms with Gasteiger partial charge in [0.25, 0.3) is 0 Å². The van der Waals surface area contributed by atoms with E-state index in [1.165, 1.54) is 33.4 Å². The molecule has 1 N–H and O–H groups in total. The Morgan fingerprint density at radius 3 is 2.76 bits per heavy atom. The van der Waals surface area contributed by atoms with Gasteiger partial charge in [-0.2, -0.15) is 0 Å². The minimum Gasteiger partial charge on any atom is -0.385 e. The number of aliphatic imine (C=N–C) groups is 1. The lowest BCUT2D eigenvalue weighted by Gasteiger charge is -2.23. The number of allylic oxidation sites excluding steroid dienone is 1. The Bertz CT molecular complexity index is 856. The van der Waals surface area contributed by atoms with E-state index in [9.17, 15) is 0 Å². The van der Waals surface area contributed by atoms with Gasteiger partial charge in [-0.25, -0.2) is 0 Å². The first-order valence-electron chi connectivity index (χ1n) is 9.02. The molecule has 2 heteroatoms. The van der Waals surface area contributed by atoms with E-state index < -0.39 is 0 Å². The van der Waals surface area contributed by atoms with Gasteiger partial charge >= 0.3 is 0 Å². The number of fused-ring (bicyclic) bond motifs is 2. The van der Waals surface area contributed by atoms with E-state index in [2.05, 4.69) is 73.6 Å². The second-order valence-electron chi connectivity index (χ2n) is 7.04. The van der Waals surface area contributed by atoms with Crippen molar-refractivity contribution in [2.24, 2.45) is 4.99 Å². The third-order valence-electron chi connectivity index (χ3n) is 5.16. The normalized spacial score (nSPS) is 18.0. The van der Waals surface area contributed by atoms with Gasteiger partial charge in [-0.1, -0.05) is 60.7 Å². The van der Waals surface area contributed by atoms with Crippen LogP contribution in [0.4, 0.5) is 0 Å². The summed E-state index contributed by atoms with van der Waals surface area (Å²) in [6.07, 6.45) is 5.18. The van der Waals surface area contributed by atoms with Crippen LogP contribution in [0, 0.1) is 6.92 Å². The third-order valence-corrected chi connectivity index (χ3v) is 5.16. The SMILES string of the molecule is C=C(CC1N=CC2=C1c1ccccc1CC2)NCc1ccc(C)cc1. The second-order valence-corrected chi connectivity index (χ2v) is 7.04. The summed E-state index contributed by atoms with van der Waals surface area (Å²) in [7, 11) is 0. The summed E-state index contributed by atoms with van der Waals surface area (Å²) in [6.45, 7) is 7.17. The van der Waals surface area contributed by atoms with Crippen LogP contribution in [0.25, 0.3) is 5.57 Å². The van der Waals surface area contributed by atoms with Gasteiger partial charge in [-0.15, -0.1) is 0 Å². The average molecular weight is 328 g/mol. The number of hydrogen-bond donors (Lipinski definition) is 1. The van der Waals surface area contributed by atoms with Crippen molar-refractivity contribution in [3.8, 4) is 0 Å². The Kier molecular flexibility index (Phi) is 4.27. The van der Waals surface area contributed by atoms with Crippen molar-refractivity contribution in [3.05, 3.63) is 88.6 Å². The molecule has 2 aromatic carbocycles. The molecule has 4 rings (SSSR count). The molecule has 0 fully saturated rings. The maximum Gasteiger partial charge on any atom is 0.0812 e. The maximum atomic E-state index is 4.79. The zero-order chi connectivity index (χ0) is 17.2. The van der Waals surface area contributed by atoms with Crippen LogP contribution in [0.5, 0.6) is 0 Å². The van der Waals surface area contributed by atoms with Crippen molar-refractivity contribution in [1.82, 2.24) is 5.32 Å². The molecule has 0 saturated carbocycles. The van der Waals surface area contributed by atoms with Crippen molar-refractivity contribution >= 4 is 11.8 Å². The maximum absolute atomic E-state index is 4.79. The zero-order valence-electron chi connectivity index (χ0n) is 14.8. The first-order valence-corrected chi connectivity index (χ1v) is 9.02. The molecule has 2 nitrogen and oxygen atoms in total. The molecule has 1 atom stereocenters. The van der Waals surface area contributed by atoms with Crippen molar-refractivity contribution in [3.63, 3.8) is 0 Å². The molecule has 1 unspecified atom stereocenters. The quantitative estimate of drug-likeness (QED) is 0.834. The molecule has 1 heterocycles. The van der Waals surface area contributed by atoms with E-state index in [1.54, 1.807) is 0 Å². The predicted octanol–water partition coefficient (Wildman–Crippen LogP) is 4.84. The highest BCUT2D eigenvalue weighted by atomic mass is 14.9. The van der Waals surface area contributed by atoms with Crippen LogP contribution in [0.3, 0.4) is 0 Å². The number of nitrogens with one attached hydrogen (secondary N) is 1. The summed E-state index contributed by atoms with van der Waals surface area (Å²) in [5, 5.41) is 3.47. The van der Waals surface area contributed by atoms with Crippen LogP contribution in [0.1, 0.15) is 35.1 Å². The number of rotatable bonds is 5. The Hall–Kier alpha value is -2.61. The highest BCUT2D eigenvalue weighted by molar-refractivity contribution is 5.98. The van der Waals surface area contributed by atoms with Crippen LogP contribution in [-0.4, -0.2) is 12.3 Å². The Morgan fingerprint density at radius 2 is 1.92 bits per heavy atom. The van der Waals surface area contributed by atoms with E-state index in [4.69, 9.17) is 4.99 Å². The van der Waals surface area contributed by atoms with E-state index in [-0.39, 0.29) is 6.04 Å². The molecule has 0 saturated heterocycles. The predicted molar refractivity (Wildman–Crippen MR) is 106 cm³/mol. The van der Waals surface area contributed by atoms with Crippen LogP contribution >= 0.6 is 0 Å². The summed E-state index contributed by atoms with van der Waals surface area (Å²) >= 11 is 0. The molecule has 0 amide bonds. The van der Waals surface area contributed by atoms with Crippen molar-refractivity contribution in [2.45, 2.75) is 38.8 Å². The first-order chi connectivity index (χ1) is 12.2. The molecular formula is C23H24N2. The van der Waals surface area contributed by atoms with Gasteiger partial charge in [-0.05, 0) is 47.6 Å². The monoisotopic (exact) mass is 328 g/mol. The lowest BCUT2D eigenvalue weighted by Crippen LogP contribution is -2.18. The van der Waals surface area contributed by atoms with E-state index in [0.29, 0.717) is 0 Å². The highest BCUT2D eigenvalue weighted by Crippen LogP contribution is 2.38. The fourth-order valence-electron chi connectivity index (χ4n) is 3.75. The summed E-state index contributed by atoms with van der Waals surface area (Å²) in [5.74, 6) is 0. The van der Waals surface area contributed by atoms with Gasteiger partial charge in [0.2, 0.25) is 0 Å². The van der Waals surface area contributed by atoms with Crippen LogP contribution in [0.15, 0.2) is 71.4 Å². The molecule has 1 aliphatic carbocycles. The van der Waals surface area contributed by atoms with E-state index >= 15 is 0 Å². The number of aryl methyl sites for hydroxylation is 2. The topological polar surface area (TPSA) is 24.4 Å². The molecule has 0 radical (unpaired) electrons. The van der Waals surface area contributed by atoms with Crippen molar-refractivity contribution in [1.29, 1.82) is 0 Å². The summed E-state index contributed by atoms with van der Waals surface area (Å²) in [6, 6.07) is 17.6. The minimum atomic E-state index is 0.203. The lowest BCUT2D eigenvalue weighted by atomic mass is 9.83. The number of hydrogen-bond acceptors (Lipinski definition) is 2.